The van der Waals surface area contributed by atoms with Crippen molar-refractivity contribution in [2.45, 2.75) is 75.0 Å². The highest BCUT2D eigenvalue weighted by Crippen LogP contribution is 2.56. The lowest BCUT2D eigenvalue weighted by atomic mass is 9.65. The highest BCUT2D eigenvalue weighted by molar-refractivity contribution is 5.96. The van der Waals surface area contributed by atoms with E-state index in [4.69, 9.17) is 0 Å². The standard InChI is InChI=1S/C46H42/c1-7-27-45(28-8-1)41-13-5-3-11-39(41)31-43(45)37-23-19-35(20-24-37)33-15-17-34(18-16-33)36-21-25-38(26-22-36)44-32-40-12-4-6-14-42(40)46(44)29-9-2-10-30-46/h3-6,11-26,31-32H,1-2,7-10,27-30H2. The Morgan fingerprint density at radius 3 is 0.957 bits per heavy atom. The van der Waals surface area contributed by atoms with Gasteiger partial charge in [-0.2, -0.15) is 0 Å². The van der Waals surface area contributed by atoms with Crippen molar-refractivity contribution in [2.24, 2.45) is 0 Å². The van der Waals surface area contributed by atoms with Gasteiger partial charge in [-0.3, -0.25) is 0 Å². The first kappa shape index (κ1) is 27.9. The molecule has 0 nitrogen and oxygen atoms in total. The molecule has 0 bridgehead atoms. The second-order valence-electron chi connectivity index (χ2n) is 14.3. The van der Waals surface area contributed by atoms with Crippen LogP contribution in [0.25, 0.3) is 45.6 Å². The fourth-order valence-electron chi connectivity index (χ4n) is 9.64. The lowest BCUT2D eigenvalue weighted by molar-refractivity contribution is 0.372. The second kappa shape index (κ2) is 11.1. The van der Waals surface area contributed by atoms with Gasteiger partial charge in [-0.1, -0.05) is 160 Å². The molecule has 9 rings (SSSR count). The van der Waals surface area contributed by atoms with E-state index in [1.54, 1.807) is 11.1 Å². The Labute approximate surface area is 274 Å². The van der Waals surface area contributed by atoms with Crippen molar-refractivity contribution in [3.63, 3.8) is 0 Å². The minimum absolute atomic E-state index is 0.197. The van der Waals surface area contributed by atoms with Gasteiger partial charge in [0.2, 0.25) is 0 Å². The van der Waals surface area contributed by atoms with Crippen molar-refractivity contribution in [2.75, 3.05) is 0 Å². The zero-order valence-electron chi connectivity index (χ0n) is 26.8. The lowest BCUT2D eigenvalue weighted by Gasteiger charge is -2.38. The molecule has 0 radical (unpaired) electrons. The maximum atomic E-state index is 2.48. The first-order valence-corrected chi connectivity index (χ1v) is 17.7. The summed E-state index contributed by atoms with van der Waals surface area (Å²) in [5.74, 6) is 0. The SMILES string of the molecule is C1=C(c2ccc(-c3ccc(-c4ccc(C5=Cc6ccccc6C56CCCCC6)cc4)cc3)cc2)C2(CCCCC2)c2ccccc21. The summed E-state index contributed by atoms with van der Waals surface area (Å²) < 4.78 is 0. The van der Waals surface area contributed by atoms with Crippen LogP contribution in [-0.2, 0) is 10.8 Å². The molecular weight excluding hydrogens is 553 g/mol. The Balaban J connectivity index is 0.954. The molecule has 0 N–H and O–H groups in total. The van der Waals surface area contributed by atoms with Gasteiger partial charge in [0.1, 0.15) is 0 Å². The van der Waals surface area contributed by atoms with E-state index in [1.165, 1.54) is 120 Å². The van der Waals surface area contributed by atoms with Crippen LogP contribution >= 0.6 is 0 Å². The molecule has 4 aliphatic rings. The van der Waals surface area contributed by atoms with E-state index in [9.17, 15) is 0 Å². The van der Waals surface area contributed by atoms with Crippen LogP contribution in [0.5, 0.6) is 0 Å². The molecular formula is C46H42. The average Bonchev–Trinajstić information content (AvgIpc) is 3.61. The average molecular weight is 595 g/mol. The minimum atomic E-state index is 0.197. The fourth-order valence-corrected chi connectivity index (χ4v) is 9.64. The van der Waals surface area contributed by atoms with Gasteiger partial charge in [-0.25, -0.2) is 0 Å². The van der Waals surface area contributed by atoms with Gasteiger partial charge in [-0.15, -0.1) is 0 Å². The van der Waals surface area contributed by atoms with Crippen LogP contribution < -0.4 is 0 Å². The van der Waals surface area contributed by atoms with Crippen LogP contribution in [0.15, 0.2) is 121 Å². The predicted molar refractivity (Wildman–Crippen MR) is 195 cm³/mol. The maximum absolute atomic E-state index is 2.48. The molecule has 226 valence electrons. The van der Waals surface area contributed by atoms with E-state index in [2.05, 4.69) is 133 Å². The van der Waals surface area contributed by atoms with Crippen LogP contribution in [0.3, 0.4) is 0 Å². The summed E-state index contributed by atoms with van der Waals surface area (Å²) in [4.78, 5) is 0. The summed E-state index contributed by atoms with van der Waals surface area (Å²) in [6.45, 7) is 0. The second-order valence-corrected chi connectivity index (χ2v) is 14.3. The summed E-state index contributed by atoms with van der Waals surface area (Å²) >= 11 is 0. The fraction of sp³-hybridized carbons (Fsp3) is 0.261. The predicted octanol–water partition coefficient (Wildman–Crippen LogP) is 12.5. The number of allylic oxidation sites excluding steroid dienone is 2. The van der Waals surface area contributed by atoms with Gasteiger partial charge < -0.3 is 0 Å². The molecule has 0 aromatic heterocycles. The molecule has 4 aliphatic carbocycles. The van der Waals surface area contributed by atoms with Gasteiger partial charge in [0, 0.05) is 10.8 Å². The van der Waals surface area contributed by atoms with Crippen molar-refractivity contribution in [1.29, 1.82) is 0 Å². The summed E-state index contributed by atoms with van der Waals surface area (Å²) in [6.07, 6.45) is 18.1. The van der Waals surface area contributed by atoms with E-state index in [0.29, 0.717) is 0 Å². The topological polar surface area (TPSA) is 0 Å². The molecule has 2 saturated carbocycles. The highest BCUT2D eigenvalue weighted by atomic mass is 14.5. The summed E-state index contributed by atoms with van der Waals surface area (Å²) in [7, 11) is 0. The van der Waals surface area contributed by atoms with Gasteiger partial charge >= 0.3 is 0 Å². The van der Waals surface area contributed by atoms with Crippen LogP contribution in [0, 0.1) is 0 Å². The third kappa shape index (κ3) is 4.41. The molecule has 0 heteroatoms. The van der Waals surface area contributed by atoms with Gasteiger partial charge in [0.05, 0.1) is 0 Å². The van der Waals surface area contributed by atoms with Crippen molar-refractivity contribution in [3.05, 3.63) is 155 Å². The third-order valence-electron chi connectivity index (χ3n) is 11.9. The maximum Gasteiger partial charge on any atom is 0.0215 e. The Bertz CT molecular complexity index is 1810. The van der Waals surface area contributed by atoms with Crippen LogP contribution in [0.4, 0.5) is 0 Å². The largest absolute Gasteiger partial charge is 0.0619 e. The monoisotopic (exact) mass is 594 g/mol. The molecule has 0 heterocycles. The molecule has 46 heavy (non-hydrogen) atoms. The summed E-state index contributed by atoms with van der Waals surface area (Å²) in [5, 5.41) is 0. The van der Waals surface area contributed by atoms with Gasteiger partial charge in [0.25, 0.3) is 0 Å². The van der Waals surface area contributed by atoms with E-state index in [0.717, 1.165) is 0 Å². The Kier molecular flexibility index (Phi) is 6.74. The first-order chi connectivity index (χ1) is 22.7. The number of fused-ring (bicyclic) bond motifs is 4. The normalized spacial score (nSPS) is 19.0. The van der Waals surface area contributed by atoms with E-state index in [1.807, 2.05) is 0 Å². The van der Waals surface area contributed by atoms with Crippen LogP contribution in [-0.4, -0.2) is 0 Å². The van der Waals surface area contributed by atoms with Gasteiger partial charge in [-0.05, 0) is 105 Å². The van der Waals surface area contributed by atoms with E-state index >= 15 is 0 Å². The minimum Gasteiger partial charge on any atom is -0.0619 e. The number of hydrogen-bond donors (Lipinski definition) is 0. The molecule has 0 atom stereocenters. The zero-order valence-corrected chi connectivity index (χ0v) is 26.8. The number of benzene rings is 5. The zero-order chi connectivity index (χ0) is 30.6. The smallest absolute Gasteiger partial charge is 0.0215 e. The lowest BCUT2D eigenvalue weighted by Crippen LogP contribution is -2.28. The van der Waals surface area contributed by atoms with Crippen molar-refractivity contribution in [1.82, 2.24) is 0 Å². The van der Waals surface area contributed by atoms with Crippen LogP contribution in [0.1, 0.15) is 97.6 Å². The molecule has 0 aliphatic heterocycles. The van der Waals surface area contributed by atoms with Gasteiger partial charge in [0.15, 0.2) is 0 Å². The van der Waals surface area contributed by atoms with Crippen LogP contribution in [0.2, 0.25) is 0 Å². The van der Waals surface area contributed by atoms with E-state index in [-0.39, 0.29) is 10.8 Å². The molecule has 0 amide bonds. The molecule has 0 saturated heterocycles. The first-order valence-electron chi connectivity index (χ1n) is 17.7. The Morgan fingerprint density at radius 1 is 0.304 bits per heavy atom. The molecule has 5 aromatic rings. The van der Waals surface area contributed by atoms with Crippen molar-refractivity contribution >= 4 is 23.3 Å². The molecule has 2 spiro atoms. The number of hydrogen-bond acceptors (Lipinski definition) is 0. The summed E-state index contributed by atoms with van der Waals surface area (Å²) in [6, 6.07) is 46.1. The highest BCUT2D eigenvalue weighted by Gasteiger charge is 2.43. The molecule has 2 fully saturated rings. The quantitative estimate of drug-likeness (QED) is 0.194. The molecule has 0 unspecified atom stereocenters. The van der Waals surface area contributed by atoms with Crippen molar-refractivity contribution in [3.8, 4) is 22.3 Å². The number of rotatable bonds is 4. The third-order valence-corrected chi connectivity index (χ3v) is 11.9. The Morgan fingerprint density at radius 2 is 0.609 bits per heavy atom. The molecule has 5 aromatic carbocycles. The summed E-state index contributed by atoms with van der Waals surface area (Å²) in [5.41, 5.74) is 17.3. The van der Waals surface area contributed by atoms with E-state index < -0.39 is 0 Å². The van der Waals surface area contributed by atoms with Crippen molar-refractivity contribution < 1.29 is 0 Å². The Hall–Kier alpha value is -4.42.